The summed E-state index contributed by atoms with van der Waals surface area (Å²) in [6, 6.07) is 0.484. The number of hydrogen-bond donors (Lipinski definition) is 2. The zero-order valence-corrected chi connectivity index (χ0v) is 17.1. The number of fused-ring (bicyclic) bond motifs is 1. The van der Waals surface area contributed by atoms with Gasteiger partial charge in [-0.3, -0.25) is 4.99 Å². The Morgan fingerprint density at radius 1 is 1.27 bits per heavy atom. The molecule has 4 nitrogen and oxygen atoms in total. The Balaban J connectivity index is 0.00000176. The maximum atomic E-state index is 5.87. The Kier molecular flexibility index (Phi) is 6.71. The number of nitrogens with one attached hydrogen (secondary N) is 2. The SMILES string of the molecule is CN=C(NCC1CCSCC1)NC1C2CCOC2C1(C)C.I. The second-order valence-corrected chi connectivity index (χ2v) is 8.42. The lowest BCUT2D eigenvalue weighted by Gasteiger charge is -2.55. The summed E-state index contributed by atoms with van der Waals surface area (Å²) in [5.41, 5.74) is 0.209. The third-order valence-corrected chi connectivity index (χ3v) is 6.56. The minimum atomic E-state index is 0. The van der Waals surface area contributed by atoms with Crippen LogP contribution in [0.5, 0.6) is 0 Å². The van der Waals surface area contributed by atoms with Gasteiger partial charge >= 0.3 is 0 Å². The minimum Gasteiger partial charge on any atom is -0.377 e. The second kappa shape index (κ2) is 7.92. The van der Waals surface area contributed by atoms with Crippen LogP contribution in [0.15, 0.2) is 4.99 Å². The average molecular weight is 439 g/mol. The Morgan fingerprint density at radius 2 is 2.00 bits per heavy atom. The first-order valence-corrected chi connectivity index (χ1v) is 9.45. The van der Waals surface area contributed by atoms with E-state index in [2.05, 4.69) is 41.2 Å². The summed E-state index contributed by atoms with van der Waals surface area (Å²) in [4.78, 5) is 4.42. The molecule has 0 aromatic carbocycles. The number of nitrogens with zero attached hydrogens (tertiary/aromatic N) is 1. The summed E-state index contributed by atoms with van der Waals surface area (Å²) >= 11 is 2.08. The van der Waals surface area contributed by atoms with Crippen LogP contribution >= 0.6 is 35.7 Å². The van der Waals surface area contributed by atoms with Gasteiger partial charge < -0.3 is 15.4 Å². The highest BCUT2D eigenvalue weighted by atomic mass is 127. The molecule has 2 aliphatic heterocycles. The number of aliphatic imine (C=N–C) groups is 1. The molecule has 22 heavy (non-hydrogen) atoms. The van der Waals surface area contributed by atoms with Gasteiger partial charge in [-0.25, -0.2) is 0 Å². The molecule has 2 N–H and O–H groups in total. The van der Waals surface area contributed by atoms with E-state index in [4.69, 9.17) is 4.74 Å². The van der Waals surface area contributed by atoms with Crippen LogP contribution in [0.4, 0.5) is 0 Å². The molecule has 1 saturated carbocycles. The van der Waals surface area contributed by atoms with Crippen LogP contribution in [0.25, 0.3) is 0 Å². The fourth-order valence-corrected chi connectivity index (χ4v) is 5.35. The summed E-state index contributed by atoms with van der Waals surface area (Å²) < 4.78 is 5.87. The van der Waals surface area contributed by atoms with Crippen LogP contribution in [0.3, 0.4) is 0 Å². The summed E-state index contributed by atoms with van der Waals surface area (Å²) in [6.45, 7) is 6.59. The fourth-order valence-electron chi connectivity index (χ4n) is 4.15. The van der Waals surface area contributed by atoms with Crippen molar-refractivity contribution in [2.24, 2.45) is 22.2 Å². The molecule has 3 rings (SSSR count). The molecule has 0 radical (unpaired) electrons. The maximum Gasteiger partial charge on any atom is 0.191 e. The highest BCUT2D eigenvalue weighted by Gasteiger charge is 2.59. The predicted molar refractivity (Wildman–Crippen MR) is 105 cm³/mol. The van der Waals surface area contributed by atoms with Crippen molar-refractivity contribution in [2.45, 2.75) is 45.3 Å². The molecule has 1 aliphatic carbocycles. The minimum absolute atomic E-state index is 0. The second-order valence-electron chi connectivity index (χ2n) is 7.20. The lowest BCUT2D eigenvalue weighted by atomic mass is 9.57. The van der Waals surface area contributed by atoms with E-state index >= 15 is 0 Å². The van der Waals surface area contributed by atoms with Crippen LogP contribution in [0.1, 0.15) is 33.1 Å². The molecule has 0 spiro atoms. The first-order chi connectivity index (χ1) is 10.1. The lowest BCUT2D eigenvalue weighted by molar-refractivity contribution is -0.106. The van der Waals surface area contributed by atoms with Gasteiger partial charge in [0.25, 0.3) is 0 Å². The van der Waals surface area contributed by atoms with Crippen LogP contribution < -0.4 is 10.6 Å². The van der Waals surface area contributed by atoms with Gasteiger partial charge in [-0.15, -0.1) is 24.0 Å². The topological polar surface area (TPSA) is 45.7 Å². The molecule has 3 fully saturated rings. The van der Waals surface area contributed by atoms with Crippen molar-refractivity contribution in [3.63, 3.8) is 0 Å². The number of rotatable bonds is 3. The number of guanidine groups is 1. The van der Waals surface area contributed by atoms with Crippen molar-refractivity contribution in [2.75, 3.05) is 31.7 Å². The summed E-state index contributed by atoms with van der Waals surface area (Å²) in [5.74, 6) is 5.06. The summed E-state index contributed by atoms with van der Waals surface area (Å²) in [5, 5.41) is 7.20. The Hall–Kier alpha value is 0.310. The zero-order chi connectivity index (χ0) is 14.9. The van der Waals surface area contributed by atoms with Crippen molar-refractivity contribution >= 4 is 41.7 Å². The van der Waals surface area contributed by atoms with E-state index in [1.54, 1.807) is 0 Å². The number of halogens is 1. The number of thioether (sulfide) groups is 1. The van der Waals surface area contributed by atoms with Crippen molar-refractivity contribution in [3.8, 4) is 0 Å². The van der Waals surface area contributed by atoms with E-state index in [1.165, 1.54) is 30.8 Å². The standard InChI is InChI=1S/C16H29N3OS.HI/c1-16(2)13(12-4-7-20-14(12)16)19-15(17-3)18-10-11-5-8-21-9-6-11;/h11-14H,4-10H2,1-3H3,(H2,17,18,19);1H. The molecule has 2 saturated heterocycles. The first-order valence-electron chi connectivity index (χ1n) is 8.29. The van der Waals surface area contributed by atoms with Crippen molar-refractivity contribution in [1.82, 2.24) is 10.6 Å². The van der Waals surface area contributed by atoms with Crippen LogP contribution in [-0.2, 0) is 4.74 Å². The van der Waals surface area contributed by atoms with E-state index in [9.17, 15) is 0 Å². The quantitative estimate of drug-likeness (QED) is 0.403. The molecule has 2 heterocycles. The lowest BCUT2D eigenvalue weighted by Crippen LogP contribution is -2.68. The number of hydrogen-bond acceptors (Lipinski definition) is 3. The van der Waals surface area contributed by atoms with Gasteiger partial charge in [0.05, 0.1) is 6.10 Å². The highest BCUT2D eigenvalue weighted by Crippen LogP contribution is 2.52. The fraction of sp³-hybridized carbons (Fsp3) is 0.938. The van der Waals surface area contributed by atoms with Crippen molar-refractivity contribution < 1.29 is 4.74 Å². The third kappa shape index (κ3) is 3.69. The molecule has 3 atom stereocenters. The monoisotopic (exact) mass is 439 g/mol. The van der Waals surface area contributed by atoms with Crippen LogP contribution in [-0.4, -0.2) is 49.8 Å². The van der Waals surface area contributed by atoms with Gasteiger partial charge in [-0.2, -0.15) is 11.8 Å². The molecule has 128 valence electrons. The maximum absolute atomic E-state index is 5.87. The van der Waals surface area contributed by atoms with E-state index < -0.39 is 0 Å². The van der Waals surface area contributed by atoms with Gasteiger partial charge in [0.1, 0.15) is 0 Å². The summed E-state index contributed by atoms with van der Waals surface area (Å²) in [7, 11) is 1.88. The molecule has 0 aromatic heterocycles. The predicted octanol–water partition coefficient (Wildman–Crippen LogP) is 2.73. The Labute approximate surface area is 156 Å². The van der Waals surface area contributed by atoms with Crippen LogP contribution in [0.2, 0.25) is 0 Å². The Morgan fingerprint density at radius 3 is 2.68 bits per heavy atom. The first kappa shape index (κ1) is 18.6. The molecule has 6 heteroatoms. The van der Waals surface area contributed by atoms with Crippen molar-refractivity contribution in [1.29, 1.82) is 0 Å². The molecule has 0 bridgehead atoms. The van der Waals surface area contributed by atoms with Gasteiger partial charge in [-0.1, -0.05) is 13.8 Å². The molecular weight excluding hydrogens is 409 g/mol. The van der Waals surface area contributed by atoms with Gasteiger partial charge in [0.2, 0.25) is 0 Å². The molecule has 0 aromatic rings. The molecule has 0 amide bonds. The highest BCUT2D eigenvalue weighted by molar-refractivity contribution is 14.0. The average Bonchev–Trinajstić information content (AvgIpc) is 2.95. The summed E-state index contributed by atoms with van der Waals surface area (Å²) in [6.07, 6.45) is 4.29. The van der Waals surface area contributed by atoms with Crippen LogP contribution in [0, 0.1) is 17.3 Å². The largest absolute Gasteiger partial charge is 0.377 e. The van der Waals surface area contributed by atoms with E-state index in [1.807, 2.05) is 7.05 Å². The van der Waals surface area contributed by atoms with E-state index in [0.29, 0.717) is 18.1 Å². The molecule has 3 unspecified atom stereocenters. The van der Waals surface area contributed by atoms with Gasteiger partial charge in [-0.05, 0) is 36.7 Å². The Bertz CT molecular complexity index is 399. The van der Waals surface area contributed by atoms with Crippen molar-refractivity contribution in [3.05, 3.63) is 0 Å². The molecular formula is C16H30IN3OS. The van der Waals surface area contributed by atoms with Gasteiger partial charge in [0.15, 0.2) is 5.96 Å². The third-order valence-electron chi connectivity index (χ3n) is 5.52. The zero-order valence-electron chi connectivity index (χ0n) is 13.9. The molecule has 3 aliphatic rings. The smallest absolute Gasteiger partial charge is 0.191 e. The number of ether oxygens (including phenoxy) is 1. The van der Waals surface area contributed by atoms with E-state index in [-0.39, 0.29) is 29.4 Å². The normalized spacial score (nSPS) is 34.3. The van der Waals surface area contributed by atoms with E-state index in [0.717, 1.165) is 25.0 Å². The van der Waals surface area contributed by atoms with Gasteiger partial charge in [0, 0.05) is 37.6 Å².